The van der Waals surface area contributed by atoms with Crippen LogP contribution in [-0.2, 0) is 0 Å². The molecule has 0 spiro atoms. The molecule has 1 aliphatic rings. The maximum absolute atomic E-state index is 2.94. The summed E-state index contributed by atoms with van der Waals surface area (Å²) in [4.78, 5) is 0. The first-order valence-electron chi connectivity index (χ1n) is 4.45. The Bertz CT molecular complexity index is 90.9. The predicted octanol–water partition coefficient (Wildman–Crippen LogP) is 3.08. The fourth-order valence-corrected chi connectivity index (χ4v) is 2.20. The molecule has 0 aromatic heterocycles. The van der Waals surface area contributed by atoms with Crippen LogP contribution in [0.2, 0.25) is 0 Å². The summed E-state index contributed by atoms with van der Waals surface area (Å²) in [6.45, 7) is 4.70. The summed E-state index contributed by atoms with van der Waals surface area (Å²) >= 11 is 0. The minimum atomic E-state index is 0.840. The Labute approximate surface area is 67.0 Å². The van der Waals surface area contributed by atoms with Crippen molar-refractivity contribution in [3.63, 3.8) is 0 Å². The Morgan fingerprint density at radius 1 is 1.20 bits per heavy atom. The average molecular weight is 158 g/mol. The predicted molar refractivity (Wildman–Crippen MR) is 50.3 cm³/mol. The minimum Gasteiger partial charge on any atom is -0.134 e. The standard InChI is InChI=1S/C9H19P/c1-7-3-5-9(6-4-7)8(2)10/h7-9H,3-6,10H2,1-2H3. The van der Waals surface area contributed by atoms with E-state index < -0.39 is 0 Å². The van der Waals surface area contributed by atoms with Crippen LogP contribution in [0.3, 0.4) is 0 Å². The van der Waals surface area contributed by atoms with Gasteiger partial charge < -0.3 is 0 Å². The molecular formula is C9H19P. The van der Waals surface area contributed by atoms with E-state index >= 15 is 0 Å². The lowest BCUT2D eigenvalue weighted by Crippen LogP contribution is -2.18. The Kier molecular flexibility index (Phi) is 3.17. The van der Waals surface area contributed by atoms with Crippen LogP contribution in [-0.4, -0.2) is 5.66 Å². The minimum absolute atomic E-state index is 0.840. The van der Waals surface area contributed by atoms with Crippen molar-refractivity contribution >= 4 is 9.24 Å². The zero-order valence-corrected chi connectivity index (χ0v) is 8.29. The topological polar surface area (TPSA) is 0 Å². The van der Waals surface area contributed by atoms with Gasteiger partial charge in [-0.3, -0.25) is 0 Å². The molecule has 1 rings (SSSR count). The second-order valence-corrected chi connectivity index (χ2v) is 4.93. The number of hydrogen-bond acceptors (Lipinski definition) is 0. The molecule has 0 aromatic rings. The van der Waals surface area contributed by atoms with Gasteiger partial charge >= 0.3 is 0 Å². The van der Waals surface area contributed by atoms with Crippen molar-refractivity contribution in [1.29, 1.82) is 0 Å². The van der Waals surface area contributed by atoms with Gasteiger partial charge in [0.05, 0.1) is 0 Å². The number of rotatable bonds is 1. The molecule has 0 bridgehead atoms. The zero-order chi connectivity index (χ0) is 7.56. The average Bonchev–Trinajstić information content (AvgIpc) is 1.88. The van der Waals surface area contributed by atoms with E-state index in [-0.39, 0.29) is 0 Å². The van der Waals surface area contributed by atoms with Crippen molar-refractivity contribution in [3.05, 3.63) is 0 Å². The quantitative estimate of drug-likeness (QED) is 0.514. The Hall–Kier alpha value is 0.430. The normalized spacial score (nSPS) is 37.5. The van der Waals surface area contributed by atoms with Crippen molar-refractivity contribution in [2.75, 3.05) is 0 Å². The van der Waals surface area contributed by atoms with Crippen LogP contribution >= 0.6 is 9.24 Å². The van der Waals surface area contributed by atoms with Crippen LogP contribution < -0.4 is 0 Å². The second kappa shape index (κ2) is 3.72. The fourth-order valence-electron chi connectivity index (χ4n) is 1.81. The van der Waals surface area contributed by atoms with Gasteiger partial charge in [-0.25, -0.2) is 0 Å². The summed E-state index contributed by atoms with van der Waals surface area (Å²) in [5.41, 5.74) is 0.840. The molecule has 0 N–H and O–H groups in total. The summed E-state index contributed by atoms with van der Waals surface area (Å²) in [6.07, 6.45) is 5.85. The van der Waals surface area contributed by atoms with Crippen LogP contribution in [0.4, 0.5) is 0 Å². The third kappa shape index (κ3) is 2.23. The maximum atomic E-state index is 2.94. The lowest BCUT2D eigenvalue weighted by Gasteiger charge is -2.28. The molecule has 0 nitrogen and oxygen atoms in total. The van der Waals surface area contributed by atoms with E-state index in [1.54, 1.807) is 0 Å². The monoisotopic (exact) mass is 158 g/mol. The second-order valence-electron chi connectivity index (χ2n) is 3.88. The van der Waals surface area contributed by atoms with E-state index in [4.69, 9.17) is 0 Å². The highest BCUT2D eigenvalue weighted by atomic mass is 31.0. The molecule has 1 aliphatic carbocycles. The van der Waals surface area contributed by atoms with Crippen LogP contribution in [0.1, 0.15) is 39.5 Å². The van der Waals surface area contributed by atoms with E-state index in [0.29, 0.717) is 0 Å². The molecular weight excluding hydrogens is 139 g/mol. The summed E-state index contributed by atoms with van der Waals surface area (Å²) < 4.78 is 0. The molecule has 2 unspecified atom stereocenters. The molecule has 0 saturated heterocycles. The van der Waals surface area contributed by atoms with Gasteiger partial charge in [-0.15, -0.1) is 9.24 Å². The summed E-state index contributed by atoms with van der Waals surface area (Å²) in [5, 5.41) is 0. The maximum Gasteiger partial charge on any atom is -0.0264 e. The third-order valence-electron chi connectivity index (χ3n) is 2.80. The van der Waals surface area contributed by atoms with Gasteiger partial charge in [0.15, 0.2) is 0 Å². The van der Waals surface area contributed by atoms with E-state index in [1.807, 2.05) is 0 Å². The van der Waals surface area contributed by atoms with Gasteiger partial charge in [0.1, 0.15) is 0 Å². The molecule has 1 saturated carbocycles. The summed E-state index contributed by atoms with van der Waals surface area (Å²) in [6, 6.07) is 0. The Balaban J connectivity index is 2.26. The van der Waals surface area contributed by atoms with Crippen molar-refractivity contribution in [2.45, 2.75) is 45.2 Å². The fraction of sp³-hybridized carbons (Fsp3) is 1.00. The molecule has 10 heavy (non-hydrogen) atoms. The highest BCUT2D eigenvalue weighted by Gasteiger charge is 2.20. The zero-order valence-electron chi connectivity index (χ0n) is 7.14. The molecule has 1 heteroatoms. The molecule has 60 valence electrons. The molecule has 1 fully saturated rings. The Morgan fingerprint density at radius 2 is 1.70 bits per heavy atom. The van der Waals surface area contributed by atoms with Gasteiger partial charge in [0.25, 0.3) is 0 Å². The lowest BCUT2D eigenvalue weighted by atomic mass is 9.81. The molecule has 0 radical (unpaired) electrons. The van der Waals surface area contributed by atoms with Crippen molar-refractivity contribution in [3.8, 4) is 0 Å². The Morgan fingerprint density at radius 3 is 2.10 bits per heavy atom. The summed E-state index contributed by atoms with van der Waals surface area (Å²) in [7, 11) is 2.94. The third-order valence-corrected chi connectivity index (χ3v) is 3.35. The first kappa shape index (κ1) is 8.53. The molecule has 0 amide bonds. The SMILES string of the molecule is CC1CCC(C(C)P)CC1. The van der Waals surface area contributed by atoms with Gasteiger partial charge in [-0.1, -0.05) is 26.7 Å². The van der Waals surface area contributed by atoms with Crippen LogP contribution in [0, 0.1) is 11.8 Å². The van der Waals surface area contributed by atoms with Gasteiger partial charge in [0, 0.05) is 0 Å². The molecule has 0 aliphatic heterocycles. The molecule has 0 aromatic carbocycles. The van der Waals surface area contributed by atoms with E-state index in [2.05, 4.69) is 23.1 Å². The van der Waals surface area contributed by atoms with E-state index in [0.717, 1.165) is 17.5 Å². The largest absolute Gasteiger partial charge is 0.134 e. The van der Waals surface area contributed by atoms with Crippen LogP contribution in [0.25, 0.3) is 0 Å². The number of hydrogen-bond donors (Lipinski definition) is 0. The van der Waals surface area contributed by atoms with Crippen molar-refractivity contribution in [2.24, 2.45) is 11.8 Å². The highest BCUT2D eigenvalue weighted by molar-refractivity contribution is 7.17. The summed E-state index contributed by atoms with van der Waals surface area (Å²) in [5.74, 6) is 2.00. The van der Waals surface area contributed by atoms with E-state index in [1.165, 1.54) is 25.7 Å². The lowest BCUT2D eigenvalue weighted by molar-refractivity contribution is 0.289. The van der Waals surface area contributed by atoms with Gasteiger partial charge in [0.2, 0.25) is 0 Å². The first-order valence-corrected chi connectivity index (χ1v) is 5.12. The van der Waals surface area contributed by atoms with Gasteiger partial charge in [-0.2, -0.15) is 0 Å². The van der Waals surface area contributed by atoms with Gasteiger partial charge in [-0.05, 0) is 30.3 Å². The van der Waals surface area contributed by atoms with Crippen LogP contribution in [0.5, 0.6) is 0 Å². The first-order chi connectivity index (χ1) is 4.70. The van der Waals surface area contributed by atoms with E-state index in [9.17, 15) is 0 Å². The van der Waals surface area contributed by atoms with Crippen molar-refractivity contribution in [1.82, 2.24) is 0 Å². The smallest absolute Gasteiger partial charge is 0.0264 e. The van der Waals surface area contributed by atoms with Crippen molar-refractivity contribution < 1.29 is 0 Å². The van der Waals surface area contributed by atoms with Crippen LogP contribution in [0.15, 0.2) is 0 Å². The molecule has 2 atom stereocenters. The highest BCUT2D eigenvalue weighted by Crippen LogP contribution is 2.32. The molecule has 0 heterocycles.